The van der Waals surface area contributed by atoms with Crippen molar-refractivity contribution >= 4 is 0 Å². The maximum Gasteiger partial charge on any atom is 0.104 e. The third-order valence-electron chi connectivity index (χ3n) is 4.38. The van der Waals surface area contributed by atoms with E-state index in [0.29, 0.717) is 0 Å². The van der Waals surface area contributed by atoms with E-state index in [1.165, 1.54) is 24.0 Å². The van der Waals surface area contributed by atoms with Crippen LogP contribution in [0.2, 0.25) is 0 Å². The van der Waals surface area contributed by atoms with E-state index in [1.54, 1.807) is 0 Å². The van der Waals surface area contributed by atoms with Gasteiger partial charge >= 0.3 is 0 Å². The molecule has 0 spiro atoms. The summed E-state index contributed by atoms with van der Waals surface area (Å²) in [6.45, 7) is 5.21. The molecule has 1 atom stereocenters. The van der Waals surface area contributed by atoms with Gasteiger partial charge in [0.15, 0.2) is 0 Å². The lowest BCUT2D eigenvalue weighted by molar-refractivity contribution is 0.256. The van der Waals surface area contributed by atoms with E-state index in [1.807, 2.05) is 6.92 Å². The van der Waals surface area contributed by atoms with Crippen molar-refractivity contribution in [3.63, 3.8) is 0 Å². The first-order chi connectivity index (χ1) is 9.67. The minimum absolute atomic E-state index is 0.635. The maximum absolute atomic E-state index is 9.11. The summed E-state index contributed by atoms with van der Waals surface area (Å²) >= 11 is 0. The molecule has 0 saturated carbocycles. The van der Waals surface area contributed by atoms with E-state index >= 15 is 0 Å². The molecule has 0 aromatic heterocycles. The van der Waals surface area contributed by atoms with Crippen LogP contribution >= 0.6 is 0 Å². The number of hydrogen-bond acceptors (Lipinski definition) is 3. The summed E-state index contributed by atoms with van der Waals surface area (Å²) < 4.78 is 0. The molecule has 1 aliphatic heterocycles. The molecule has 1 unspecified atom stereocenters. The van der Waals surface area contributed by atoms with Crippen LogP contribution in [0.5, 0.6) is 0 Å². The smallest absolute Gasteiger partial charge is 0.104 e. The van der Waals surface area contributed by atoms with Crippen LogP contribution in [0.15, 0.2) is 24.3 Å². The second-order valence-corrected chi connectivity index (χ2v) is 5.87. The Balaban J connectivity index is 1.87. The lowest BCUT2D eigenvalue weighted by Crippen LogP contribution is -2.38. The van der Waals surface area contributed by atoms with E-state index in [9.17, 15) is 0 Å². The summed E-state index contributed by atoms with van der Waals surface area (Å²) in [7, 11) is 0. The molecule has 2 rings (SSSR count). The van der Waals surface area contributed by atoms with E-state index in [-0.39, 0.29) is 0 Å². The molecule has 0 aliphatic carbocycles. The van der Waals surface area contributed by atoms with Gasteiger partial charge in [0.05, 0.1) is 6.07 Å². The van der Waals surface area contributed by atoms with E-state index in [4.69, 9.17) is 11.0 Å². The number of aryl methyl sites for hydroxylation is 1. The minimum atomic E-state index is -0.635. The Bertz CT molecular complexity index is 477. The highest BCUT2D eigenvalue weighted by Crippen LogP contribution is 2.20. The number of fused-ring (bicyclic) bond motifs is 1. The molecule has 3 nitrogen and oxygen atoms in total. The minimum Gasteiger partial charge on any atom is -0.313 e. The molecule has 0 fully saturated rings. The Labute approximate surface area is 122 Å². The topological polar surface area (TPSA) is 53.1 Å². The largest absolute Gasteiger partial charge is 0.313 e. The van der Waals surface area contributed by atoms with Crippen LogP contribution < -0.4 is 5.73 Å². The fourth-order valence-electron chi connectivity index (χ4n) is 2.89. The number of nitrogens with two attached hydrogens (primary N) is 1. The van der Waals surface area contributed by atoms with Crippen molar-refractivity contribution in [2.45, 2.75) is 51.1 Å². The molecule has 1 aliphatic rings. The van der Waals surface area contributed by atoms with Gasteiger partial charge in [-0.15, -0.1) is 0 Å². The molecule has 108 valence electrons. The first-order valence-corrected chi connectivity index (χ1v) is 7.66. The SMILES string of the molecule is CCC(N)(C#N)CCCN1CCCc2ccccc2C1. The van der Waals surface area contributed by atoms with Crippen LogP contribution in [-0.2, 0) is 13.0 Å². The normalized spacial score (nSPS) is 18.6. The van der Waals surface area contributed by atoms with Crippen LogP contribution in [0.1, 0.15) is 43.7 Å². The Morgan fingerprint density at radius 3 is 2.80 bits per heavy atom. The molecule has 0 saturated heterocycles. The summed E-state index contributed by atoms with van der Waals surface area (Å²) in [5, 5.41) is 9.11. The van der Waals surface area contributed by atoms with Crippen molar-refractivity contribution in [2.24, 2.45) is 5.73 Å². The van der Waals surface area contributed by atoms with Crippen LogP contribution in [0.3, 0.4) is 0 Å². The third kappa shape index (κ3) is 3.82. The first kappa shape index (κ1) is 15.0. The molecular weight excluding hydrogens is 246 g/mol. The summed E-state index contributed by atoms with van der Waals surface area (Å²) in [5.41, 5.74) is 8.36. The molecule has 0 bridgehead atoms. The van der Waals surface area contributed by atoms with Crippen LogP contribution in [-0.4, -0.2) is 23.5 Å². The zero-order valence-corrected chi connectivity index (χ0v) is 12.4. The molecular formula is C17H25N3. The average Bonchev–Trinajstić information content (AvgIpc) is 2.68. The fraction of sp³-hybridized carbons (Fsp3) is 0.588. The monoisotopic (exact) mass is 271 g/mol. The highest BCUT2D eigenvalue weighted by Gasteiger charge is 2.22. The van der Waals surface area contributed by atoms with Crippen molar-refractivity contribution in [2.75, 3.05) is 13.1 Å². The van der Waals surface area contributed by atoms with Crippen molar-refractivity contribution in [3.05, 3.63) is 35.4 Å². The highest BCUT2D eigenvalue weighted by molar-refractivity contribution is 5.27. The number of nitriles is 1. The molecule has 1 aromatic carbocycles. The van der Waals surface area contributed by atoms with E-state index in [0.717, 1.165) is 38.9 Å². The first-order valence-electron chi connectivity index (χ1n) is 7.66. The molecule has 1 aromatic rings. The molecule has 20 heavy (non-hydrogen) atoms. The molecule has 1 heterocycles. The van der Waals surface area contributed by atoms with E-state index in [2.05, 4.69) is 35.2 Å². The van der Waals surface area contributed by atoms with Gasteiger partial charge in [0.25, 0.3) is 0 Å². The Morgan fingerprint density at radius 1 is 1.35 bits per heavy atom. The predicted octanol–water partition coefficient (Wildman–Crippen LogP) is 2.85. The molecule has 2 N–H and O–H groups in total. The zero-order chi connectivity index (χ0) is 14.4. The van der Waals surface area contributed by atoms with Crippen LogP contribution in [0.4, 0.5) is 0 Å². The zero-order valence-electron chi connectivity index (χ0n) is 12.4. The maximum atomic E-state index is 9.11. The second-order valence-electron chi connectivity index (χ2n) is 5.87. The quantitative estimate of drug-likeness (QED) is 0.896. The third-order valence-corrected chi connectivity index (χ3v) is 4.38. The highest BCUT2D eigenvalue weighted by atomic mass is 15.1. The van der Waals surface area contributed by atoms with Gasteiger partial charge < -0.3 is 5.73 Å². The number of benzene rings is 1. The predicted molar refractivity (Wildman–Crippen MR) is 82.1 cm³/mol. The molecule has 0 amide bonds. The van der Waals surface area contributed by atoms with Crippen LogP contribution in [0.25, 0.3) is 0 Å². The van der Waals surface area contributed by atoms with Gasteiger partial charge in [0.2, 0.25) is 0 Å². The lowest BCUT2D eigenvalue weighted by atomic mass is 9.93. The van der Waals surface area contributed by atoms with Crippen molar-refractivity contribution in [1.82, 2.24) is 4.90 Å². The number of rotatable bonds is 5. The van der Waals surface area contributed by atoms with Gasteiger partial charge in [-0.2, -0.15) is 5.26 Å². The summed E-state index contributed by atoms with van der Waals surface area (Å²) in [5.74, 6) is 0. The summed E-state index contributed by atoms with van der Waals surface area (Å²) in [6, 6.07) is 11.0. The van der Waals surface area contributed by atoms with Crippen molar-refractivity contribution < 1.29 is 0 Å². The lowest BCUT2D eigenvalue weighted by Gasteiger charge is -2.24. The standard InChI is InChI=1S/C17H25N3/c1-2-17(19,14-18)10-6-12-20-11-5-9-15-7-3-4-8-16(15)13-20/h3-4,7-8H,2,5-6,9-13,19H2,1H3. The fourth-order valence-corrected chi connectivity index (χ4v) is 2.89. The molecule has 3 heteroatoms. The Hall–Kier alpha value is -1.37. The van der Waals surface area contributed by atoms with Crippen molar-refractivity contribution in [3.8, 4) is 6.07 Å². The Kier molecular flexibility index (Phi) is 5.17. The average molecular weight is 271 g/mol. The second kappa shape index (κ2) is 6.88. The van der Waals surface area contributed by atoms with Gasteiger partial charge in [-0.3, -0.25) is 4.90 Å². The van der Waals surface area contributed by atoms with Crippen LogP contribution in [0, 0.1) is 11.3 Å². The number of hydrogen-bond donors (Lipinski definition) is 1. The van der Waals surface area contributed by atoms with Gasteiger partial charge in [0, 0.05) is 6.54 Å². The summed E-state index contributed by atoms with van der Waals surface area (Å²) in [6.07, 6.45) is 4.92. The van der Waals surface area contributed by atoms with Crippen molar-refractivity contribution in [1.29, 1.82) is 5.26 Å². The summed E-state index contributed by atoms with van der Waals surface area (Å²) in [4.78, 5) is 2.50. The number of nitrogens with zero attached hydrogens (tertiary/aromatic N) is 2. The van der Waals surface area contributed by atoms with Gasteiger partial charge in [-0.05, 0) is 56.3 Å². The van der Waals surface area contributed by atoms with Gasteiger partial charge in [-0.1, -0.05) is 31.2 Å². The van der Waals surface area contributed by atoms with E-state index < -0.39 is 5.54 Å². The van der Waals surface area contributed by atoms with Gasteiger partial charge in [-0.25, -0.2) is 0 Å². The Morgan fingerprint density at radius 2 is 2.10 bits per heavy atom. The van der Waals surface area contributed by atoms with Gasteiger partial charge in [0.1, 0.15) is 5.54 Å². The molecule has 0 radical (unpaired) electrons.